The lowest BCUT2D eigenvalue weighted by Crippen LogP contribution is -2.56. The van der Waals surface area contributed by atoms with Crippen LogP contribution in [0.4, 0.5) is 8.78 Å². The molecule has 8 nitrogen and oxygen atoms in total. The lowest BCUT2D eigenvalue weighted by molar-refractivity contribution is -0.152. The molecule has 3 amide bonds. The van der Waals surface area contributed by atoms with Crippen LogP contribution in [0.15, 0.2) is 42.5 Å². The van der Waals surface area contributed by atoms with Crippen molar-refractivity contribution in [3.63, 3.8) is 0 Å². The molecule has 0 aromatic heterocycles. The molecule has 4 N–H and O–H groups in total. The quantitative estimate of drug-likeness (QED) is 0.335. The van der Waals surface area contributed by atoms with Crippen LogP contribution < -0.4 is 10.6 Å². The van der Waals surface area contributed by atoms with Crippen molar-refractivity contribution < 1.29 is 33.4 Å². The summed E-state index contributed by atoms with van der Waals surface area (Å²) in [6.45, 7) is 5.98. The van der Waals surface area contributed by atoms with Crippen LogP contribution >= 0.6 is 0 Å². The molecule has 0 spiro atoms. The number of hydrogen-bond donors (Lipinski definition) is 4. The lowest BCUT2D eigenvalue weighted by atomic mass is 9.98. The molecule has 0 heterocycles. The highest BCUT2D eigenvalue weighted by atomic mass is 19.3. The second-order valence-electron chi connectivity index (χ2n) is 9.73. The number of aliphatic hydroxyl groups excluding tert-OH is 1. The van der Waals surface area contributed by atoms with Gasteiger partial charge in [0.15, 0.2) is 6.10 Å². The fourth-order valence-electron chi connectivity index (χ4n) is 3.87. The molecule has 2 aromatic rings. The summed E-state index contributed by atoms with van der Waals surface area (Å²) in [4.78, 5) is 39.5. The van der Waals surface area contributed by atoms with Crippen molar-refractivity contribution in [1.82, 2.24) is 15.5 Å². The molecule has 0 aliphatic rings. The van der Waals surface area contributed by atoms with Gasteiger partial charge in [0.05, 0.1) is 19.1 Å². The average Bonchev–Trinajstić information content (AvgIpc) is 2.85. The topological polar surface area (TPSA) is 119 Å². The van der Waals surface area contributed by atoms with Crippen molar-refractivity contribution >= 4 is 17.7 Å². The van der Waals surface area contributed by atoms with Crippen molar-refractivity contribution in [1.29, 1.82) is 0 Å². The van der Waals surface area contributed by atoms with Gasteiger partial charge in [-0.1, -0.05) is 44.2 Å². The van der Waals surface area contributed by atoms with E-state index in [0.29, 0.717) is 21.6 Å². The first-order valence-electron chi connectivity index (χ1n) is 12.5. The third-order valence-corrected chi connectivity index (χ3v) is 6.28. The standard InChI is InChI=1S/C28H37F2N3O5/c1-6-31-24(35)15-33(16-28(29,30)17(2)3)27(38)25(36)22(14-20-10-8-7-9-11-20)32-26(37)21-12-18(4)13-23(34)19(21)5/h7-13,17,22,25,34,36H,6,14-16H2,1-5H3,(H,31,35)(H,32,37). The molecule has 2 aromatic carbocycles. The molecule has 0 saturated heterocycles. The van der Waals surface area contributed by atoms with Crippen molar-refractivity contribution in [3.05, 3.63) is 64.7 Å². The number of nitrogens with one attached hydrogen (secondary N) is 2. The Morgan fingerprint density at radius 1 is 1.08 bits per heavy atom. The van der Waals surface area contributed by atoms with Crippen molar-refractivity contribution in [2.75, 3.05) is 19.6 Å². The molecular weight excluding hydrogens is 496 g/mol. The molecule has 2 unspecified atom stereocenters. The Bertz CT molecular complexity index is 1120. The van der Waals surface area contributed by atoms with Crippen molar-refractivity contribution in [3.8, 4) is 5.75 Å². The van der Waals surface area contributed by atoms with Gasteiger partial charge in [0.25, 0.3) is 17.7 Å². The van der Waals surface area contributed by atoms with Crippen LogP contribution in [0.25, 0.3) is 0 Å². The van der Waals surface area contributed by atoms with Crippen LogP contribution in [0.3, 0.4) is 0 Å². The maximum Gasteiger partial charge on any atom is 0.267 e. The van der Waals surface area contributed by atoms with E-state index in [1.165, 1.54) is 19.9 Å². The summed E-state index contributed by atoms with van der Waals surface area (Å²) in [6, 6.07) is 10.6. The van der Waals surface area contributed by atoms with E-state index in [2.05, 4.69) is 10.6 Å². The summed E-state index contributed by atoms with van der Waals surface area (Å²) >= 11 is 0. The smallest absolute Gasteiger partial charge is 0.267 e. The summed E-state index contributed by atoms with van der Waals surface area (Å²) in [5.74, 6) is -6.95. The first-order valence-corrected chi connectivity index (χ1v) is 12.5. The number of phenols is 1. The Morgan fingerprint density at radius 3 is 2.29 bits per heavy atom. The van der Waals surface area contributed by atoms with Gasteiger partial charge in [0, 0.05) is 23.6 Å². The Morgan fingerprint density at radius 2 is 1.71 bits per heavy atom. The predicted molar refractivity (Wildman–Crippen MR) is 140 cm³/mol. The minimum Gasteiger partial charge on any atom is -0.508 e. The molecule has 0 aliphatic carbocycles. The number of carbonyl (C=O) groups is 3. The Labute approximate surface area is 222 Å². The molecule has 208 valence electrons. The number of benzene rings is 2. The number of aromatic hydroxyl groups is 1. The molecule has 10 heteroatoms. The number of aliphatic hydroxyl groups is 1. The maximum atomic E-state index is 14.7. The molecule has 0 fully saturated rings. The van der Waals surface area contributed by atoms with Crippen LogP contribution in [0, 0.1) is 19.8 Å². The molecule has 38 heavy (non-hydrogen) atoms. The number of hydrogen-bond acceptors (Lipinski definition) is 5. The van der Waals surface area contributed by atoms with Gasteiger partial charge in [0.1, 0.15) is 5.75 Å². The number of rotatable bonds is 12. The summed E-state index contributed by atoms with van der Waals surface area (Å²) in [5.41, 5.74) is 1.75. The monoisotopic (exact) mass is 533 g/mol. The van der Waals surface area contributed by atoms with Gasteiger partial charge in [-0.05, 0) is 50.5 Å². The van der Waals surface area contributed by atoms with E-state index in [-0.39, 0.29) is 24.3 Å². The molecule has 0 radical (unpaired) electrons. The van der Waals surface area contributed by atoms with E-state index < -0.39 is 54.8 Å². The Balaban J connectivity index is 2.41. The maximum absolute atomic E-state index is 14.7. The minimum absolute atomic E-state index is 0.00586. The van der Waals surface area contributed by atoms with Gasteiger partial charge in [-0.3, -0.25) is 14.4 Å². The predicted octanol–water partition coefficient (Wildman–Crippen LogP) is 2.97. The zero-order valence-electron chi connectivity index (χ0n) is 22.4. The molecule has 2 atom stereocenters. The highest BCUT2D eigenvalue weighted by molar-refractivity contribution is 5.97. The molecule has 2 rings (SSSR count). The summed E-state index contributed by atoms with van der Waals surface area (Å²) < 4.78 is 29.3. The SMILES string of the molecule is CCNC(=O)CN(CC(F)(F)C(C)C)C(=O)C(O)C(Cc1ccccc1)NC(=O)c1cc(C)cc(O)c1C. The number of aryl methyl sites for hydroxylation is 1. The van der Waals surface area contributed by atoms with Gasteiger partial charge >= 0.3 is 0 Å². The van der Waals surface area contributed by atoms with Crippen molar-refractivity contribution in [2.24, 2.45) is 5.92 Å². The van der Waals surface area contributed by atoms with Gasteiger partial charge in [-0.25, -0.2) is 8.78 Å². The molecule has 0 aliphatic heterocycles. The largest absolute Gasteiger partial charge is 0.508 e. The fourth-order valence-corrected chi connectivity index (χ4v) is 3.87. The summed E-state index contributed by atoms with van der Waals surface area (Å²) in [7, 11) is 0. The van der Waals surface area contributed by atoms with Crippen LogP contribution in [-0.4, -0.2) is 70.5 Å². The number of halogens is 2. The number of alkyl halides is 2. The Hall–Kier alpha value is -3.53. The fraction of sp³-hybridized carbons (Fsp3) is 0.464. The second kappa shape index (κ2) is 13.3. The third-order valence-electron chi connectivity index (χ3n) is 6.28. The third kappa shape index (κ3) is 8.24. The highest BCUT2D eigenvalue weighted by Gasteiger charge is 2.40. The van der Waals surface area contributed by atoms with Crippen LogP contribution in [0.2, 0.25) is 0 Å². The van der Waals surface area contributed by atoms with E-state index in [1.54, 1.807) is 57.2 Å². The molecular formula is C28H37F2N3O5. The van der Waals surface area contributed by atoms with Gasteiger partial charge < -0.3 is 25.7 Å². The Kier molecular flexibility index (Phi) is 10.8. The molecule has 0 saturated carbocycles. The second-order valence-corrected chi connectivity index (χ2v) is 9.73. The zero-order chi connectivity index (χ0) is 28.6. The van der Waals surface area contributed by atoms with Crippen LogP contribution in [0.5, 0.6) is 5.75 Å². The highest BCUT2D eigenvalue weighted by Crippen LogP contribution is 2.26. The molecule has 0 bridgehead atoms. The average molecular weight is 534 g/mol. The van der Waals surface area contributed by atoms with Crippen LogP contribution in [0.1, 0.15) is 47.8 Å². The number of likely N-dealkylation sites (N-methyl/N-ethyl adjacent to an activating group) is 1. The first-order chi connectivity index (χ1) is 17.8. The summed E-state index contributed by atoms with van der Waals surface area (Å²) in [6.07, 6.45) is -1.93. The number of nitrogens with zero attached hydrogens (tertiary/aromatic N) is 1. The van der Waals surface area contributed by atoms with Gasteiger partial charge in [-0.2, -0.15) is 0 Å². The zero-order valence-corrected chi connectivity index (χ0v) is 22.4. The van der Waals surface area contributed by atoms with E-state index >= 15 is 0 Å². The van der Waals surface area contributed by atoms with Gasteiger partial charge in [0.2, 0.25) is 5.91 Å². The lowest BCUT2D eigenvalue weighted by Gasteiger charge is -2.33. The van der Waals surface area contributed by atoms with Crippen LogP contribution in [-0.2, 0) is 16.0 Å². The number of carbonyl (C=O) groups excluding carboxylic acids is 3. The number of phenolic OH excluding ortho intramolecular Hbond substituents is 1. The van der Waals surface area contributed by atoms with E-state index in [1.807, 2.05) is 0 Å². The van der Waals surface area contributed by atoms with Gasteiger partial charge in [-0.15, -0.1) is 0 Å². The first kappa shape index (κ1) is 30.7. The minimum atomic E-state index is -3.32. The summed E-state index contributed by atoms with van der Waals surface area (Å²) in [5, 5.41) is 26.4. The normalized spacial score (nSPS) is 13.1. The van der Waals surface area contributed by atoms with Crippen molar-refractivity contribution in [2.45, 2.75) is 59.1 Å². The number of amides is 3. The van der Waals surface area contributed by atoms with E-state index in [4.69, 9.17) is 0 Å². The van der Waals surface area contributed by atoms with E-state index in [0.717, 1.165) is 0 Å². The van der Waals surface area contributed by atoms with E-state index in [9.17, 15) is 33.4 Å².